The van der Waals surface area contributed by atoms with E-state index in [1.54, 1.807) is 0 Å². The summed E-state index contributed by atoms with van der Waals surface area (Å²) in [5.74, 6) is 0.668. The second kappa shape index (κ2) is 11.0. The van der Waals surface area contributed by atoms with Crippen molar-refractivity contribution >= 4 is 11.8 Å². The van der Waals surface area contributed by atoms with E-state index in [1.807, 2.05) is 23.1 Å². The van der Waals surface area contributed by atoms with Gasteiger partial charge in [-0.3, -0.25) is 14.5 Å². The maximum atomic E-state index is 13.2. The highest BCUT2D eigenvalue weighted by Gasteiger charge is 2.35. The Morgan fingerprint density at radius 3 is 2.68 bits per heavy atom. The molecule has 3 aliphatic heterocycles. The monoisotopic (exact) mass is 511 g/mol. The zero-order chi connectivity index (χ0) is 25.9. The average molecular weight is 512 g/mol. The van der Waals surface area contributed by atoms with Crippen LogP contribution in [0.4, 0.5) is 0 Å². The lowest BCUT2D eigenvalue weighted by Crippen LogP contribution is -2.42. The molecule has 1 atom stereocenters. The Hall–Kier alpha value is -3.68. The highest BCUT2D eigenvalue weighted by Crippen LogP contribution is 2.33. The Morgan fingerprint density at radius 1 is 0.921 bits per heavy atom. The zero-order valence-corrected chi connectivity index (χ0v) is 21.5. The van der Waals surface area contributed by atoms with Gasteiger partial charge in [0.15, 0.2) is 0 Å². The zero-order valence-electron chi connectivity index (χ0n) is 21.5. The number of carbonyl (C=O) groups is 2. The molecule has 0 spiro atoms. The highest BCUT2D eigenvalue weighted by atomic mass is 16.5. The van der Waals surface area contributed by atoms with Crippen molar-refractivity contribution in [1.82, 2.24) is 15.1 Å². The van der Waals surface area contributed by atoms with Crippen molar-refractivity contribution in [1.29, 1.82) is 0 Å². The van der Waals surface area contributed by atoms with Gasteiger partial charge in [-0.15, -0.1) is 0 Å². The Balaban J connectivity index is 1.10. The van der Waals surface area contributed by atoms with Gasteiger partial charge in [0.1, 0.15) is 19.1 Å². The van der Waals surface area contributed by atoms with Crippen LogP contribution in [0, 0.1) is 0 Å². The summed E-state index contributed by atoms with van der Waals surface area (Å²) >= 11 is 0. The molecular formula is C31H33N3O4. The van der Waals surface area contributed by atoms with Crippen LogP contribution in [0.1, 0.15) is 51.0 Å². The SMILES string of the molecule is O=C1CCC(N2Cc3c(OCc4cccc(CN5CCc6ccccc6C5)c4)cccc3C2=O)COCN1. The van der Waals surface area contributed by atoms with E-state index in [-0.39, 0.29) is 24.6 Å². The van der Waals surface area contributed by atoms with E-state index in [0.29, 0.717) is 38.2 Å². The molecule has 1 saturated heterocycles. The van der Waals surface area contributed by atoms with Gasteiger partial charge in [0.05, 0.1) is 19.2 Å². The molecule has 1 unspecified atom stereocenters. The number of rotatable bonds is 6. The fourth-order valence-corrected chi connectivity index (χ4v) is 5.72. The first kappa shape index (κ1) is 24.6. The van der Waals surface area contributed by atoms with E-state index < -0.39 is 0 Å². The molecule has 0 saturated carbocycles. The molecule has 2 amide bonds. The topological polar surface area (TPSA) is 71.1 Å². The summed E-state index contributed by atoms with van der Waals surface area (Å²) in [6.07, 6.45) is 2.06. The standard InChI is InChI=1S/C31H33N3O4/c35-30-12-11-26(20-37-21-32-30)34-18-28-27(31(34)36)9-4-10-29(28)38-19-23-6-3-5-22(15-23)16-33-14-13-24-7-1-2-8-25(24)17-33/h1-10,15,26H,11-14,16-21H2,(H,32,35). The van der Waals surface area contributed by atoms with Crippen LogP contribution >= 0.6 is 0 Å². The number of nitrogens with zero attached hydrogens (tertiary/aromatic N) is 2. The summed E-state index contributed by atoms with van der Waals surface area (Å²) in [5, 5.41) is 2.71. The Bertz CT molecular complexity index is 1340. The molecule has 3 aromatic carbocycles. The molecule has 38 heavy (non-hydrogen) atoms. The van der Waals surface area contributed by atoms with E-state index >= 15 is 0 Å². The van der Waals surface area contributed by atoms with Crippen LogP contribution < -0.4 is 10.1 Å². The van der Waals surface area contributed by atoms with Crippen LogP contribution in [0.3, 0.4) is 0 Å². The number of benzene rings is 3. The number of hydrogen-bond acceptors (Lipinski definition) is 5. The third-order valence-corrected chi connectivity index (χ3v) is 7.78. The predicted octanol–water partition coefficient (Wildman–Crippen LogP) is 4.03. The van der Waals surface area contributed by atoms with Gasteiger partial charge in [-0.05, 0) is 47.2 Å². The van der Waals surface area contributed by atoms with Gasteiger partial charge in [-0.2, -0.15) is 0 Å². The third kappa shape index (κ3) is 5.30. The van der Waals surface area contributed by atoms with Gasteiger partial charge in [-0.1, -0.05) is 54.6 Å². The Labute approximate surface area is 223 Å². The first-order chi connectivity index (χ1) is 18.6. The van der Waals surface area contributed by atoms with E-state index in [4.69, 9.17) is 9.47 Å². The number of ether oxygens (including phenoxy) is 2. The number of hydrogen-bond donors (Lipinski definition) is 1. The molecule has 196 valence electrons. The lowest BCUT2D eigenvalue weighted by Gasteiger charge is -2.29. The fraction of sp³-hybridized carbons (Fsp3) is 0.355. The minimum atomic E-state index is -0.132. The average Bonchev–Trinajstić information content (AvgIpc) is 3.27. The van der Waals surface area contributed by atoms with Crippen molar-refractivity contribution in [3.63, 3.8) is 0 Å². The molecule has 3 heterocycles. The highest BCUT2D eigenvalue weighted by molar-refractivity contribution is 5.99. The van der Waals surface area contributed by atoms with Crippen molar-refractivity contribution < 1.29 is 19.1 Å². The van der Waals surface area contributed by atoms with E-state index in [0.717, 1.165) is 42.9 Å². The van der Waals surface area contributed by atoms with Crippen molar-refractivity contribution in [2.45, 2.75) is 51.5 Å². The van der Waals surface area contributed by atoms with Crippen LogP contribution in [0.25, 0.3) is 0 Å². The lowest BCUT2D eigenvalue weighted by molar-refractivity contribution is -0.124. The minimum Gasteiger partial charge on any atom is -0.489 e. The molecule has 0 radical (unpaired) electrons. The number of amides is 2. The van der Waals surface area contributed by atoms with Gasteiger partial charge < -0.3 is 19.7 Å². The molecule has 0 aliphatic carbocycles. The van der Waals surface area contributed by atoms with Crippen molar-refractivity contribution in [2.24, 2.45) is 0 Å². The molecule has 6 rings (SSSR count). The molecule has 7 nitrogen and oxygen atoms in total. The van der Waals surface area contributed by atoms with Crippen molar-refractivity contribution in [3.8, 4) is 5.75 Å². The van der Waals surface area contributed by atoms with Crippen molar-refractivity contribution in [3.05, 3.63) is 100 Å². The maximum Gasteiger partial charge on any atom is 0.254 e. The first-order valence-electron chi connectivity index (χ1n) is 13.4. The summed E-state index contributed by atoms with van der Waals surface area (Å²) in [6, 6.07) is 22.8. The molecule has 0 aromatic heterocycles. The lowest BCUT2D eigenvalue weighted by atomic mass is 9.99. The summed E-state index contributed by atoms with van der Waals surface area (Å²) in [6.45, 7) is 4.45. The van der Waals surface area contributed by atoms with Gasteiger partial charge in [-0.25, -0.2) is 0 Å². The molecule has 1 N–H and O–H groups in total. The fourth-order valence-electron chi connectivity index (χ4n) is 5.72. The summed E-state index contributed by atoms with van der Waals surface area (Å²) in [5.41, 5.74) is 6.86. The number of carbonyl (C=O) groups excluding carboxylic acids is 2. The van der Waals surface area contributed by atoms with Crippen molar-refractivity contribution in [2.75, 3.05) is 19.9 Å². The van der Waals surface area contributed by atoms with E-state index in [1.165, 1.54) is 16.7 Å². The van der Waals surface area contributed by atoms with Crippen LogP contribution in [-0.4, -0.2) is 47.5 Å². The van der Waals surface area contributed by atoms with Crippen LogP contribution in [0.2, 0.25) is 0 Å². The van der Waals surface area contributed by atoms with Gasteiger partial charge in [0, 0.05) is 37.2 Å². The van der Waals surface area contributed by atoms with E-state index in [9.17, 15) is 9.59 Å². The van der Waals surface area contributed by atoms with Crippen LogP contribution in [-0.2, 0) is 42.2 Å². The molecule has 0 bridgehead atoms. The quantitative estimate of drug-likeness (QED) is 0.541. The van der Waals surface area contributed by atoms with Gasteiger partial charge in [0.2, 0.25) is 5.91 Å². The number of nitrogens with one attached hydrogen (secondary N) is 1. The summed E-state index contributed by atoms with van der Waals surface area (Å²) in [4.78, 5) is 29.4. The second-order valence-electron chi connectivity index (χ2n) is 10.4. The molecular weight excluding hydrogens is 478 g/mol. The summed E-state index contributed by atoms with van der Waals surface area (Å²) in [7, 11) is 0. The minimum absolute atomic E-state index is 0.0230. The smallest absolute Gasteiger partial charge is 0.254 e. The van der Waals surface area contributed by atoms with Gasteiger partial charge in [0.25, 0.3) is 5.91 Å². The van der Waals surface area contributed by atoms with Crippen LogP contribution in [0.15, 0.2) is 66.7 Å². The summed E-state index contributed by atoms with van der Waals surface area (Å²) < 4.78 is 11.9. The van der Waals surface area contributed by atoms with Crippen LogP contribution in [0.5, 0.6) is 5.75 Å². The third-order valence-electron chi connectivity index (χ3n) is 7.78. The molecule has 1 fully saturated rings. The Morgan fingerprint density at radius 2 is 1.76 bits per heavy atom. The maximum absolute atomic E-state index is 13.2. The molecule has 3 aliphatic rings. The Kier molecular flexibility index (Phi) is 7.12. The van der Waals surface area contributed by atoms with Gasteiger partial charge >= 0.3 is 0 Å². The molecule has 3 aromatic rings. The predicted molar refractivity (Wildman–Crippen MR) is 143 cm³/mol. The first-order valence-corrected chi connectivity index (χ1v) is 13.4. The molecule has 7 heteroatoms. The van der Waals surface area contributed by atoms with E-state index in [2.05, 4.69) is 58.7 Å². The second-order valence-corrected chi connectivity index (χ2v) is 10.4. The largest absolute Gasteiger partial charge is 0.489 e. The normalized spacial score (nSPS) is 19.8. The number of fused-ring (bicyclic) bond motifs is 2.